The molecule has 0 spiro atoms. The van der Waals surface area contributed by atoms with Crippen LogP contribution in [0.1, 0.15) is 43.6 Å². The molecule has 0 saturated heterocycles. The lowest BCUT2D eigenvalue weighted by Gasteiger charge is -2.59. The number of fused-ring (bicyclic) bond motifs is 3. The first-order valence-corrected chi connectivity index (χ1v) is 8.17. The van der Waals surface area contributed by atoms with Crippen LogP contribution in [0, 0.1) is 17.3 Å². The zero-order chi connectivity index (χ0) is 15.5. The predicted molar refractivity (Wildman–Crippen MR) is 82.7 cm³/mol. The lowest BCUT2D eigenvalue weighted by molar-refractivity contribution is -0.0375. The van der Waals surface area contributed by atoms with Crippen LogP contribution in [0.25, 0.3) is 0 Å². The Kier molecular flexibility index (Phi) is 2.90. The molecule has 5 nitrogen and oxygen atoms in total. The highest BCUT2D eigenvalue weighted by atomic mass is 16.5. The summed E-state index contributed by atoms with van der Waals surface area (Å²) in [6.07, 6.45) is 3.16. The summed E-state index contributed by atoms with van der Waals surface area (Å²) in [6.45, 7) is 10.4. The van der Waals surface area contributed by atoms with Gasteiger partial charge >= 0.3 is 0 Å². The maximum Gasteiger partial charge on any atom is 0.272 e. The van der Waals surface area contributed by atoms with Crippen LogP contribution < -0.4 is 10.1 Å². The van der Waals surface area contributed by atoms with Gasteiger partial charge in [-0.3, -0.25) is 4.79 Å². The number of nitrogens with one attached hydrogen (secondary N) is 1. The topological polar surface area (TPSA) is 56.2 Å². The molecule has 22 heavy (non-hydrogen) atoms. The molecule has 0 radical (unpaired) electrons. The van der Waals surface area contributed by atoms with E-state index in [4.69, 9.17) is 4.74 Å². The fourth-order valence-electron chi connectivity index (χ4n) is 4.29. The van der Waals surface area contributed by atoms with Crippen molar-refractivity contribution in [1.82, 2.24) is 15.1 Å². The Balaban J connectivity index is 1.47. The summed E-state index contributed by atoms with van der Waals surface area (Å²) in [5, 5.41) is 7.47. The highest BCUT2D eigenvalue weighted by molar-refractivity contribution is 5.93. The Morgan fingerprint density at radius 2 is 2.32 bits per heavy atom. The molecule has 118 valence electrons. The van der Waals surface area contributed by atoms with Crippen molar-refractivity contribution in [3.63, 3.8) is 0 Å². The number of carbonyl (C=O) groups is 1. The molecule has 1 aromatic heterocycles. The van der Waals surface area contributed by atoms with E-state index in [1.807, 2.05) is 0 Å². The molecule has 3 fully saturated rings. The third-order valence-electron chi connectivity index (χ3n) is 5.93. The first kappa shape index (κ1) is 13.9. The normalized spacial score (nSPS) is 31.7. The lowest BCUT2D eigenvalue weighted by Crippen LogP contribution is -2.57. The van der Waals surface area contributed by atoms with Crippen molar-refractivity contribution in [1.29, 1.82) is 0 Å². The van der Waals surface area contributed by atoms with Gasteiger partial charge in [-0.2, -0.15) is 5.10 Å². The van der Waals surface area contributed by atoms with Crippen molar-refractivity contribution < 1.29 is 9.53 Å². The van der Waals surface area contributed by atoms with Crippen LogP contribution in [0.15, 0.2) is 18.2 Å². The number of aryl methyl sites for hydroxylation is 1. The first-order valence-electron chi connectivity index (χ1n) is 8.17. The zero-order valence-electron chi connectivity index (χ0n) is 13.3. The second kappa shape index (κ2) is 4.61. The van der Waals surface area contributed by atoms with E-state index in [0.717, 1.165) is 19.4 Å². The van der Waals surface area contributed by atoms with Crippen molar-refractivity contribution in [2.75, 3.05) is 6.61 Å². The SMILES string of the molecule is C=C1C(NC(=O)c2cc3n(n2)CCCO3)C[C@H]2C[C@@H]1C2(C)C. The smallest absolute Gasteiger partial charge is 0.272 e. The molecule has 0 aromatic carbocycles. The fourth-order valence-corrected chi connectivity index (χ4v) is 4.29. The highest BCUT2D eigenvalue weighted by Gasteiger charge is 2.54. The van der Waals surface area contributed by atoms with E-state index in [2.05, 4.69) is 30.8 Å². The Morgan fingerprint density at radius 1 is 1.50 bits per heavy atom. The molecule has 2 bridgehead atoms. The summed E-state index contributed by atoms with van der Waals surface area (Å²) < 4.78 is 7.29. The van der Waals surface area contributed by atoms with Gasteiger partial charge in [-0.15, -0.1) is 0 Å². The largest absolute Gasteiger partial charge is 0.478 e. The fraction of sp³-hybridized carbons (Fsp3) is 0.647. The Hall–Kier alpha value is -1.78. The number of amides is 1. The first-order chi connectivity index (χ1) is 10.5. The molecular formula is C17H23N3O2. The minimum atomic E-state index is -0.115. The number of nitrogens with zero attached hydrogens (tertiary/aromatic N) is 2. The van der Waals surface area contributed by atoms with Crippen molar-refractivity contribution in [3.05, 3.63) is 23.9 Å². The van der Waals surface area contributed by atoms with Gasteiger partial charge in [-0.25, -0.2) is 4.68 Å². The summed E-state index contributed by atoms with van der Waals surface area (Å²) in [7, 11) is 0. The van der Waals surface area contributed by atoms with Crippen molar-refractivity contribution in [2.45, 2.75) is 45.7 Å². The third kappa shape index (κ3) is 1.91. The van der Waals surface area contributed by atoms with E-state index in [1.165, 1.54) is 12.0 Å². The van der Waals surface area contributed by atoms with Gasteiger partial charge in [-0.1, -0.05) is 26.0 Å². The number of hydrogen-bond donors (Lipinski definition) is 1. The van der Waals surface area contributed by atoms with E-state index in [9.17, 15) is 4.79 Å². The van der Waals surface area contributed by atoms with Gasteiger partial charge in [0.2, 0.25) is 5.88 Å². The summed E-state index contributed by atoms with van der Waals surface area (Å²) in [5.41, 5.74) is 1.98. The van der Waals surface area contributed by atoms with Crippen LogP contribution in [0.3, 0.4) is 0 Å². The Labute approximate surface area is 130 Å². The van der Waals surface area contributed by atoms with Gasteiger partial charge in [0.1, 0.15) is 0 Å². The Morgan fingerprint density at radius 3 is 3.00 bits per heavy atom. The van der Waals surface area contributed by atoms with Gasteiger partial charge < -0.3 is 10.1 Å². The number of ether oxygens (including phenoxy) is 1. The van der Waals surface area contributed by atoms with Gasteiger partial charge in [0.15, 0.2) is 5.69 Å². The highest BCUT2D eigenvalue weighted by Crippen LogP contribution is 2.60. The predicted octanol–water partition coefficient (Wildman–Crippen LogP) is 2.39. The van der Waals surface area contributed by atoms with E-state index >= 15 is 0 Å². The molecule has 1 amide bonds. The monoisotopic (exact) mass is 301 g/mol. The van der Waals surface area contributed by atoms with Crippen LogP contribution >= 0.6 is 0 Å². The zero-order valence-corrected chi connectivity index (χ0v) is 13.3. The minimum Gasteiger partial charge on any atom is -0.478 e. The number of hydrogen-bond acceptors (Lipinski definition) is 3. The van der Waals surface area contributed by atoms with Crippen molar-refractivity contribution in [2.24, 2.45) is 17.3 Å². The molecule has 3 saturated carbocycles. The van der Waals surface area contributed by atoms with Crippen LogP contribution in [-0.4, -0.2) is 28.3 Å². The maximum atomic E-state index is 12.5. The van der Waals surface area contributed by atoms with Gasteiger partial charge in [0.25, 0.3) is 5.91 Å². The quantitative estimate of drug-likeness (QED) is 0.853. The molecule has 4 aliphatic rings. The summed E-state index contributed by atoms with van der Waals surface area (Å²) in [4.78, 5) is 12.5. The summed E-state index contributed by atoms with van der Waals surface area (Å²) in [5.74, 6) is 1.81. The van der Waals surface area contributed by atoms with Gasteiger partial charge in [-0.05, 0) is 30.1 Å². The molecular weight excluding hydrogens is 278 g/mol. The molecule has 1 N–H and O–H groups in total. The third-order valence-corrected chi connectivity index (χ3v) is 5.93. The van der Waals surface area contributed by atoms with Crippen LogP contribution in [0.2, 0.25) is 0 Å². The van der Waals surface area contributed by atoms with Gasteiger partial charge in [0.05, 0.1) is 12.6 Å². The number of carbonyl (C=O) groups excluding carboxylic acids is 1. The van der Waals surface area contributed by atoms with Crippen LogP contribution in [0.4, 0.5) is 0 Å². The Bertz CT molecular complexity index is 623. The average Bonchev–Trinajstić information content (AvgIpc) is 2.92. The lowest BCUT2D eigenvalue weighted by atomic mass is 9.46. The van der Waals surface area contributed by atoms with Crippen LogP contribution in [-0.2, 0) is 6.54 Å². The summed E-state index contributed by atoms with van der Waals surface area (Å²) >= 11 is 0. The molecule has 3 atom stereocenters. The standard InChI is InChI=1S/C17H23N3O2/c1-10-12-7-11(17(12,2)3)8-13(10)18-16(21)14-9-15-20(19-14)5-4-6-22-15/h9,11-13H,1,4-8H2,2-3H3,(H,18,21)/t11-,12+,13?/m1/s1. The summed E-state index contributed by atoms with van der Waals surface area (Å²) in [6, 6.07) is 1.83. The minimum absolute atomic E-state index is 0.0870. The van der Waals surface area contributed by atoms with Crippen molar-refractivity contribution in [3.8, 4) is 5.88 Å². The molecule has 1 aromatic rings. The van der Waals surface area contributed by atoms with E-state index < -0.39 is 0 Å². The maximum absolute atomic E-state index is 12.5. The van der Waals surface area contributed by atoms with Gasteiger partial charge in [0, 0.05) is 19.0 Å². The second-order valence-corrected chi connectivity index (χ2v) is 7.44. The van der Waals surface area contributed by atoms with E-state index in [0.29, 0.717) is 35.4 Å². The average molecular weight is 301 g/mol. The molecule has 5 rings (SSSR count). The van der Waals surface area contributed by atoms with E-state index in [-0.39, 0.29) is 11.9 Å². The molecule has 2 heterocycles. The number of aromatic nitrogens is 2. The molecule has 5 heteroatoms. The van der Waals surface area contributed by atoms with Crippen LogP contribution in [0.5, 0.6) is 5.88 Å². The molecule has 3 aliphatic carbocycles. The van der Waals surface area contributed by atoms with E-state index in [1.54, 1.807) is 10.7 Å². The molecule has 1 aliphatic heterocycles. The number of rotatable bonds is 2. The van der Waals surface area contributed by atoms with Crippen molar-refractivity contribution >= 4 is 5.91 Å². The second-order valence-electron chi connectivity index (χ2n) is 7.44. The molecule has 1 unspecified atom stereocenters.